The van der Waals surface area contributed by atoms with E-state index in [0.29, 0.717) is 18.5 Å². The molecule has 1 aliphatic rings. The average Bonchev–Trinajstić information content (AvgIpc) is 2.70. The van der Waals surface area contributed by atoms with Crippen molar-refractivity contribution in [1.82, 2.24) is 15.0 Å². The molecular weight excluding hydrogens is 256 g/mol. The zero-order valence-electron chi connectivity index (χ0n) is 10.5. The Bertz CT molecular complexity index is 418. The van der Waals surface area contributed by atoms with E-state index in [4.69, 9.17) is 16.3 Å². The van der Waals surface area contributed by atoms with E-state index >= 15 is 0 Å². The van der Waals surface area contributed by atoms with E-state index in [1.165, 1.54) is 0 Å². The number of aliphatic hydroxyl groups excluding tert-OH is 1. The number of ether oxygens (including phenoxy) is 1. The first-order valence-corrected chi connectivity index (χ1v) is 6.45. The highest BCUT2D eigenvalue weighted by atomic mass is 35.5. The number of halogens is 1. The molecule has 0 bridgehead atoms. The molecule has 2 unspecified atom stereocenters. The van der Waals surface area contributed by atoms with Crippen LogP contribution in [0, 0.1) is 5.92 Å². The van der Waals surface area contributed by atoms with Crippen LogP contribution in [-0.2, 0) is 0 Å². The second-order valence-electron chi connectivity index (χ2n) is 4.33. The predicted molar refractivity (Wildman–Crippen MR) is 68.0 cm³/mol. The summed E-state index contributed by atoms with van der Waals surface area (Å²) in [5.41, 5.74) is 0. The lowest BCUT2D eigenvalue weighted by Gasteiger charge is -2.25. The number of hydrogen-bond donors (Lipinski definition) is 1. The first-order valence-electron chi connectivity index (χ1n) is 6.07. The third-order valence-electron chi connectivity index (χ3n) is 3.18. The van der Waals surface area contributed by atoms with Crippen LogP contribution >= 0.6 is 11.6 Å². The summed E-state index contributed by atoms with van der Waals surface area (Å²) in [6.07, 6.45) is 0.999. The van der Waals surface area contributed by atoms with Crippen LogP contribution in [0.1, 0.15) is 20.3 Å². The van der Waals surface area contributed by atoms with Gasteiger partial charge in [0.15, 0.2) is 0 Å². The summed E-state index contributed by atoms with van der Waals surface area (Å²) in [4.78, 5) is 14.2. The van der Waals surface area contributed by atoms with E-state index in [9.17, 15) is 5.11 Å². The molecule has 100 valence electrons. The summed E-state index contributed by atoms with van der Waals surface area (Å²) in [7, 11) is 0. The molecule has 0 amide bonds. The van der Waals surface area contributed by atoms with E-state index in [2.05, 4.69) is 21.9 Å². The minimum Gasteiger partial charge on any atom is -0.464 e. The maximum atomic E-state index is 9.43. The van der Waals surface area contributed by atoms with Gasteiger partial charge in [0.25, 0.3) is 0 Å². The summed E-state index contributed by atoms with van der Waals surface area (Å²) in [5.74, 6) is 0.878. The molecule has 1 N–H and O–H groups in total. The van der Waals surface area contributed by atoms with Crippen LogP contribution in [0.25, 0.3) is 0 Å². The first kappa shape index (κ1) is 13.3. The van der Waals surface area contributed by atoms with Crippen LogP contribution in [-0.4, -0.2) is 45.9 Å². The highest BCUT2D eigenvalue weighted by Gasteiger charge is 2.32. The van der Waals surface area contributed by atoms with E-state index < -0.39 is 0 Å². The topological polar surface area (TPSA) is 71.4 Å². The minimum atomic E-state index is 0.0259. The van der Waals surface area contributed by atoms with Gasteiger partial charge in [-0.15, -0.1) is 0 Å². The van der Waals surface area contributed by atoms with Gasteiger partial charge in [-0.2, -0.15) is 15.0 Å². The lowest BCUT2D eigenvalue weighted by Crippen LogP contribution is -2.36. The van der Waals surface area contributed by atoms with Crippen molar-refractivity contribution in [3.05, 3.63) is 5.28 Å². The number of hydrogen-bond acceptors (Lipinski definition) is 6. The van der Waals surface area contributed by atoms with E-state index in [1.54, 1.807) is 0 Å². The van der Waals surface area contributed by atoms with Gasteiger partial charge in [0, 0.05) is 6.54 Å². The maximum absolute atomic E-state index is 9.43. The monoisotopic (exact) mass is 272 g/mol. The third-order valence-corrected chi connectivity index (χ3v) is 3.34. The molecule has 1 saturated heterocycles. The molecule has 1 aromatic heterocycles. The number of aliphatic hydroxyl groups is 1. The Labute approximate surface area is 111 Å². The summed E-state index contributed by atoms with van der Waals surface area (Å²) >= 11 is 5.86. The van der Waals surface area contributed by atoms with Crippen LogP contribution in [0.2, 0.25) is 5.28 Å². The molecule has 0 aromatic carbocycles. The number of aromatic nitrogens is 3. The van der Waals surface area contributed by atoms with Crippen LogP contribution in [0.5, 0.6) is 6.01 Å². The SMILES string of the molecule is CCOc1nc(Cl)nc(N2CCC(C)C2CO)n1. The van der Waals surface area contributed by atoms with Crippen molar-refractivity contribution in [3.63, 3.8) is 0 Å². The van der Waals surface area contributed by atoms with Gasteiger partial charge in [-0.25, -0.2) is 0 Å². The molecule has 18 heavy (non-hydrogen) atoms. The van der Waals surface area contributed by atoms with Gasteiger partial charge in [-0.3, -0.25) is 0 Å². The number of rotatable bonds is 4. The zero-order valence-corrected chi connectivity index (χ0v) is 11.3. The Hall–Kier alpha value is -1.14. The molecule has 0 spiro atoms. The molecule has 1 aliphatic heterocycles. The van der Waals surface area contributed by atoms with Crippen molar-refractivity contribution in [2.75, 3.05) is 24.7 Å². The molecule has 0 saturated carbocycles. The Morgan fingerprint density at radius 2 is 2.22 bits per heavy atom. The Morgan fingerprint density at radius 3 is 2.89 bits per heavy atom. The van der Waals surface area contributed by atoms with Gasteiger partial charge in [-0.1, -0.05) is 6.92 Å². The Balaban J connectivity index is 2.27. The fourth-order valence-corrected chi connectivity index (χ4v) is 2.33. The van der Waals surface area contributed by atoms with Gasteiger partial charge < -0.3 is 14.7 Å². The van der Waals surface area contributed by atoms with Gasteiger partial charge in [0.1, 0.15) is 0 Å². The fraction of sp³-hybridized carbons (Fsp3) is 0.727. The van der Waals surface area contributed by atoms with Crippen molar-refractivity contribution >= 4 is 17.5 Å². The normalized spacial score (nSPS) is 23.4. The standard InChI is InChI=1S/C11H17ClN4O2/c1-3-18-11-14-9(12)13-10(15-11)16-5-4-7(2)8(16)6-17/h7-8,17H,3-6H2,1-2H3. The molecule has 7 heteroatoms. The number of anilines is 1. The zero-order chi connectivity index (χ0) is 13.1. The van der Waals surface area contributed by atoms with Gasteiger partial charge in [0.05, 0.1) is 19.3 Å². The van der Waals surface area contributed by atoms with Gasteiger partial charge in [0.2, 0.25) is 11.2 Å². The van der Waals surface area contributed by atoms with E-state index in [0.717, 1.165) is 13.0 Å². The highest BCUT2D eigenvalue weighted by Crippen LogP contribution is 2.28. The highest BCUT2D eigenvalue weighted by molar-refractivity contribution is 6.28. The smallest absolute Gasteiger partial charge is 0.322 e. The average molecular weight is 273 g/mol. The van der Waals surface area contributed by atoms with Gasteiger partial charge in [-0.05, 0) is 30.9 Å². The van der Waals surface area contributed by atoms with Gasteiger partial charge >= 0.3 is 6.01 Å². The maximum Gasteiger partial charge on any atom is 0.322 e. The fourth-order valence-electron chi connectivity index (χ4n) is 2.18. The molecule has 6 nitrogen and oxygen atoms in total. The second-order valence-corrected chi connectivity index (χ2v) is 4.67. The van der Waals surface area contributed by atoms with Crippen molar-refractivity contribution in [2.24, 2.45) is 5.92 Å². The van der Waals surface area contributed by atoms with Crippen LogP contribution in [0.3, 0.4) is 0 Å². The largest absolute Gasteiger partial charge is 0.464 e. The van der Waals surface area contributed by atoms with Crippen molar-refractivity contribution in [1.29, 1.82) is 0 Å². The Morgan fingerprint density at radius 1 is 1.44 bits per heavy atom. The summed E-state index contributed by atoms with van der Waals surface area (Å²) in [6, 6.07) is 0.252. The lowest BCUT2D eigenvalue weighted by molar-refractivity contribution is 0.243. The minimum absolute atomic E-state index is 0.0259. The van der Waals surface area contributed by atoms with E-state index in [-0.39, 0.29) is 23.9 Å². The van der Waals surface area contributed by atoms with Crippen molar-refractivity contribution in [3.8, 4) is 6.01 Å². The molecule has 0 aliphatic carbocycles. The lowest BCUT2D eigenvalue weighted by atomic mass is 10.0. The molecule has 0 radical (unpaired) electrons. The van der Waals surface area contributed by atoms with Crippen molar-refractivity contribution < 1.29 is 9.84 Å². The van der Waals surface area contributed by atoms with Crippen molar-refractivity contribution in [2.45, 2.75) is 26.3 Å². The molecule has 2 heterocycles. The van der Waals surface area contributed by atoms with Crippen LogP contribution < -0.4 is 9.64 Å². The molecule has 1 aromatic rings. The third kappa shape index (κ3) is 2.64. The van der Waals surface area contributed by atoms with E-state index in [1.807, 2.05) is 11.8 Å². The molecule has 1 fully saturated rings. The Kier molecular flexibility index (Phi) is 4.19. The molecule has 2 atom stereocenters. The number of nitrogens with zero attached hydrogens (tertiary/aromatic N) is 4. The summed E-state index contributed by atoms with van der Waals surface area (Å²) in [6.45, 7) is 5.31. The quantitative estimate of drug-likeness (QED) is 0.886. The molecule has 2 rings (SSSR count). The first-order chi connectivity index (χ1) is 8.65. The van der Waals surface area contributed by atoms with Crippen LogP contribution in [0.4, 0.5) is 5.95 Å². The summed E-state index contributed by atoms with van der Waals surface area (Å²) in [5, 5.41) is 9.54. The molecular formula is C11H17ClN4O2. The van der Waals surface area contributed by atoms with Crippen LogP contribution in [0.15, 0.2) is 0 Å². The summed E-state index contributed by atoms with van der Waals surface area (Å²) < 4.78 is 5.25. The predicted octanol–water partition coefficient (Wildman–Crippen LogP) is 1.13. The second kappa shape index (κ2) is 5.67.